The molecule has 0 spiro atoms. The van der Waals surface area contributed by atoms with Crippen molar-refractivity contribution in [3.8, 4) is 5.69 Å². The van der Waals surface area contributed by atoms with Crippen LogP contribution in [0.15, 0.2) is 30.9 Å². The molecule has 0 saturated carbocycles. The van der Waals surface area contributed by atoms with Crippen LogP contribution in [0.3, 0.4) is 0 Å². The molecule has 0 aliphatic rings. The number of hydrogen-bond donors (Lipinski definition) is 1. The molecule has 8 heteroatoms. The highest BCUT2D eigenvalue weighted by Crippen LogP contribution is 2.21. The van der Waals surface area contributed by atoms with Crippen molar-refractivity contribution in [2.75, 3.05) is 0 Å². The predicted octanol–water partition coefficient (Wildman–Crippen LogP) is 1.11. The van der Waals surface area contributed by atoms with Gasteiger partial charge in [-0.05, 0) is 44.0 Å². The van der Waals surface area contributed by atoms with Gasteiger partial charge in [-0.2, -0.15) is 10.2 Å². The van der Waals surface area contributed by atoms with E-state index in [0.717, 1.165) is 16.8 Å². The minimum absolute atomic E-state index is 0.00508. The maximum absolute atomic E-state index is 11.2. The first-order valence-electron chi connectivity index (χ1n) is 7.61. The highest BCUT2D eigenvalue weighted by molar-refractivity contribution is 5.75. The Bertz CT molecular complexity index is 846. The van der Waals surface area contributed by atoms with Crippen molar-refractivity contribution >= 4 is 5.91 Å². The Labute approximate surface area is 139 Å². The first kappa shape index (κ1) is 15.9. The topological polar surface area (TPSA) is 105 Å². The van der Waals surface area contributed by atoms with E-state index in [1.165, 1.54) is 6.33 Å². The van der Waals surface area contributed by atoms with Crippen molar-refractivity contribution in [1.29, 1.82) is 0 Å². The molecule has 2 N–H and O–H groups in total. The third kappa shape index (κ3) is 3.17. The van der Waals surface area contributed by atoms with Gasteiger partial charge in [-0.25, -0.2) is 19.3 Å². The van der Waals surface area contributed by atoms with E-state index in [4.69, 9.17) is 5.73 Å². The van der Waals surface area contributed by atoms with E-state index in [-0.39, 0.29) is 12.5 Å². The molecule has 0 saturated heterocycles. The van der Waals surface area contributed by atoms with Crippen LogP contribution in [0.5, 0.6) is 0 Å². The molecule has 0 aliphatic heterocycles. The summed E-state index contributed by atoms with van der Waals surface area (Å²) in [5, 5.41) is 8.64. The SMILES string of the molecule is Cc1cc(C)cc(-n2nc(CC(N)=O)nc2C(C)n2cncn2)c1. The van der Waals surface area contributed by atoms with Gasteiger partial charge in [0, 0.05) is 0 Å². The summed E-state index contributed by atoms with van der Waals surface area (Å²) in [7, 11) is 0. The molecule has 3 rings (SSSR count). The van der Waals surface area contributed by atoms with Crippen LogP contribution in [-0.2, 0) is 11.2 Å². The van der Waals surface area contributed by atoms with E-state index in [1.54, 1.807) is 15.7 Å². The molecule has 3 aromatic rings. The van der Waals surface area contributed by atoms with Crippen LogP contribution in [0.4, 0.5) is 0 Å². The van der Waals surface area contributed by atoms with Crippen molar-refractivity contribution in [2.24, 2.45) is 5.73 Å². The smallest absolute Gasteiger partial charge is 0.225 e. The van der Waals surface area contributed by atoms with Crippen molar-refractivity contribution in [2.45, 2.75) is 33.2 Å². The third-order valence-corrected chi connectivity index (χ3v) is 3.67. The number of hydrogen-bond acceptors (Lipinski definition) is 5. The fraction of sp³-hybridized carbons (Fsp3) is 0.312. The Balaban J connectivity index is 2.12. The molecule has 24 heavy (non-hydrogen) atoms. The van der Waals surface area contributed by atoms with E-state index in [1.807, 2.05) is 32.9 Å². The number of nitrogens with zero attached hydrogens (tertiary/aromatic N) is 6. The molecule has 0 bridgehead atoms. The zero-order chi connectivity index (χ0) is 17.3. The number of carbonyl (C=O) groups is 1. The number of carbonyl (C=O) groups excluding carboxylic acids is 1. The zero-order valence-electron chi connectivity index (χ0n) is 13.8. The first-order valence-corrected chi connectivity index (χ1v) is 7.61. The molecule has 124 valence electrons. The number of benzene rings is 1. The Kier molecular flexibility index (Phi) is 4.11. The van der Waals surface area contributed by atoms with Crippen LogP contribution in [0.1, 0.15) is 35.7 Å². The van der Waals surface area contributed by atoms with E-state index in [0.29, 0.717) is 11.6 Å². The summed E-state index contributed by atoms with van der Waals surface area (Å²) in [6, 6.07) is 5.94. The third-order valence-electron chi connectivity index (χ3n) is 3.67. The Morgan fingerprint density at radius 3 is 2.54 bits per heavy atom. The predicted molar refractivity (Wildman–Crippen MR) is 87.6 cm³/mol. The molecule has 0 fully saturated rings. The van der Waals surface area contributed by atoms with Gasteiger partial charge in [0.1, 0.15) is 18.7 Å². The summed E-state index contributed by atoms with van der Waals surface area (Å²) in [4.78, 5) is 19.7. The summed E-state index contributed by atoms with van der Waals surface area (Å²) < 4.78 is 3.43. The van der Waals surface area contributed by atoms with Crippen molar-refractivity contribution in [3.63, 3.8) is 0 Å². The van der Waals surface area contributed by atoms with Crippen molar-refractivity contribution in [1.82, 2.24) is 29.5 Å². The Hall–Kier alpha value is -3.03. The fourth-order valence-corrected chi connectivity index (χ4v) is 2.67. The largest absolute Gasteiger partial charge is 0.369 e. The van der Waals surface area contributed by atoms with Crippen LogP contribution >= 0.6 is 0 Å². The number of rotatable bonds is 5. The van der Waals surface area contributed by atoms with Gasteiger partial charge in [-0.3, -0.25) is 4.79 Å². The highest BCUT2D eigenvalue weighted by Gasteiger charge is 2.20. The Morgan fingerprint density at radius 1 is 1.25 bits per heavy atom. The number of aromatic nitrogens is 6. The lowest BCUT2D eigenvalue weighted by molar-refractivity contribution is -0.117. The van der Waals surface area contributed by atoms with E-state index < -0.39 is 5.91 Å². The quantitative estimate of drug-likeness (QED) is 0.756. The minimum atomic E-state index is -0.465. The molecule has 1 unspecified atom stereocenters. The molecular weight excluding hydrogens is 306 g/mol. The average molecular weight is 325 g/mol. The second-order valence-corrected chi connectivity index (χ2v) is 5.84. The van der Waals surface area contributed by atoms with Gasteiger partial charge in [-0.1, -0.05) is 6.07 Å². The molecule has 8 nitrogen and oxygen atoms in total. The normalized spacial score (nSPS) is 12.3. The van der Waals surface area contributed by atoms with E-state index in [9.17, 15) is 4.79 Å². The van der Waals surface area contributed by atoms with Crippen LogP contribution in [-0.4, -0.2) is 35.4 Å². The molecule has 0 radical (unpaired) electrons. The summed E-state index contributed by atoms with van der Waals surface area (Å²) >= 11 is 0. The van der Waals surface area contributed by atoms with Crippen LogP contribution in [0.25, 0.3) is 5.69 Å². The Morgan fingerprint density at radius 2 is 1.96 bits per heavy atom. The second kappa shape index (κ2) is 6.23. The zero-order valence-corrected chi connectivity index (χ0v) is 13.8. The number of aryl methyl sites for hydroxylation is 2. The highest BCUT2D eigenvalue weighted by atomic mass is 16.1. The van der Waals surface area contributed by atoms with E-state index in [2.05, 4.69) is 26.2 Å². The van der Waals surface area contributed by atoms with Gasteiger partial charge in [-0.15, -0.1) is 0 Å². The molecular formula is C16H19N7O. The van der Waals surface area contributed by atoms with Gasteiger partial charge in [0.2, 0.25) is 5.91 Å². The van der Waals surface area contributed by atoms with Crippen LogP contribution in [0.2, 0.25) is 0 Å². The first-order chi connectivity index (χ1) is 11.4. The van der Waals surface area contributed by atoms with Gasteiger partial charge < -0.3 is 5.73 Å². The standard InChI is InChI=1S/C16H19N7O/c1-10-4-11(2)6-13(5-10)23-16(12(3)22-9-18-8-19-22)20-15(21-23)7-14(17)24/h4-6,8-9,12H,7H2,1-3H3,(H2,17,24). The van der Waals surface area contributed by atoms with Gasteiger partial charge in [0.05, 0.1) is 12.1 Å². The van der Waals surface area contributed by atoms with Gasteiger partial charge >= 0.3 is 0 Å². The molecule has 2 aromatic heterocycles. The van der Waals surface area contributed by atoms with E-state index >= 15 is 0 Å². The van der Waals surface area contributed by atoms with Gasteiger partial charge in [0.25, 0.3) is 0 Å². The fourth-order valence-electron chi connectivity index (χ4n) is 2.67. The monoisotopic (exact) mass is 325 g/mol. The van der Waals surface area contributed by atoms with Crippen molar-refractivity contribution in [3.05, 3.63) is 53.6 Å². The maximum atomic E-state index is 11.2. The lowest BCUT2D eigenvalue weighted by Gasteiger charge is -2.13. The second-order valence-electron chi connectivity index (χ2n) is 5.84. The van der Waals surface area contributed by atoms with Crippen LogP contribution < -0.4 is 5.73 Å². The molecule has 1 amide bonds. The lowest BCUT2D eigenvalue weighted by atomic mass is 10.1. The number of nitrogens with two attached hydrogens (primary N) is 1. The maximum Gasteiger partial charge on any atom is 0.225 e. The van der Waals surface area contributed by atoms with Crippen LogP contribution in [0, 0.1) is 13.8 Å². The summed E-state index contributed by atoms with van der Waals surface area (Å²) in [6.45, 7) is 6.00. The molecule has 2 heterocycles. The van der Waals surface area contributed by atoms with Gasteiger partial charge in [0.15, 0.2) is 11.6 Å². The molecule has 1 atom stereocenters. The number of primary amides is 1. The molecule has 0 aliphatic carbocycles. The summed E-state index contributed by atoms with van der Waals surface area (Å²) in [6.07, 6.45) is 3.09. The lowest BCUT2D eigenvalue weighted by Crippen LogP contribution is -2.14. The summed E-state index contributed by atoms with van der Waals surface area (Å²) in [5.41, 5.74) is 8.42. The average Bonchev–Trinajstić information content (AvgIpc) is 3.14. The summed E-state index contributed by atoms with van der Waals surface area (Å²) in [5.74, 6) is 0.595. The molecule has 1 aromatic carbocycles. The number of amides is 1. The van der Waals surface area contributed by atoms with Crippen molar-refractivity contribution < 1.29 is 4.79 Å². The minimum Gasteiger partial charge on any atom is -0.369 e.